The van der Waals surface area contributed by atoms with E-state index in [0.29, 0.717) is 6.07 Å². The second-order valence-corrected chi connectivity index (χ2v) is 3.07. The number of alkyl halides is 3. The molecule has 9 heteroatoms. The van der Waals surface area contributed by atoms with Gasteiger partial charge in [0.1, 0.15) is 0 Å². The van der Waals surface area contributed by atoms with Gasteiger partial charge in [0, 0.05) is 12.1 Å². The molecule has 1 aromatic heterocycles. The van der Waals surface area contributed by atoms with Gasteiger partial charge in [-0.05, 0) is 16.8 Å². The minimum Gasteiger partial charge on any atom is -0.460 e. The summed E-state index contributed by atoms with van der Waals surface area (Å²) >= 11 is 0. The van der Waals surface area contributed by atoms with Gasteiger partial charge in [0.05, 0.1) is 12.2 Å². The van der Waals surface area contributed by atoms with Crippen LogP contribution in [0, 0.1) is 10.1 Å². The maximum absolute atomic E-state index is 12.5. The van der Waals surface area contributed by atoms with Gasteiger partial charge in [-0.3, -0.25) is 0 Å². The third-order valence-electron chi connectivity index (χ3n) is 1.81. The van der Waals surface area contributed by atoms with Crippen molar-refractivity contribution < 1.29 is 27.6 Å². The van der Waals surface area contributed by atoms with Gasteiger partial charge >= 0.3 is 18.0 Å². The summed E-state index contributed by atoms with van der Waals surface area (Å²) < 4.78 is 41.8. The summed E-state index contributed by atoms with van der Waals surface area (Å²) in [5.74, 6) is -2.21. The number of aromatic nitrogens is 1. The average molecular weight is 264 g/mol. The van der Waals surface area contributed by atoms with E-state index >= 15 is 0 Å². The van der Waals surface area contributed by atoms with Crippen LogP contribution in [0.25, 0.3) is 0 Å². The van der Waals surface area contributed by atoms with E-state index in [1.54, 1.807) is 0 Å². The molecule has 0 saturated carbocycles. The minimum atomic E-state index is -4.81. The minimum absolute atomic E-state index is 0.0788. The Morgan fingerprint density at radius 2 is 2.11 bits per heavy atom. The van der Waals surface area contributed by atoms with Crippen molar-refractivity contribution in [1.82, 2.24) is 4.98 Å². The molecular weight excluding hydrogens is 257 g/mol. The number of carbonyl (C=O) groups is 1. The molecule has 0 spiro atoms. The van der Waals surface area contributed by atoms with E-state index in [-0.39, 0.29) is 12.7 Å². The van der Waals surface area contributed by atoms with Crippen LogP contribution < -0.4 is 0 Å². The average Bonchev–Trinajstić information content (AvgIpc) is 2.27. The highest BCUT2D eigenvalue weighted by molar-refractivity contribution is 5.87. The lowest BCUT2D eigenvalue weighted by molar-refractivity contribution is -0.389. The lowest BCUT2D eigenvalue weighted by atomic mass is 10.2. The lowest BCUT2D eigenvalue weighted by Crippen LogP contribution is -2.13. The summed E-state index contributed by atoms with van der Waals surface area (Å²) in [6.07, 6.45) is -4.81. The summed E-state index contributed by atoms with van der Waals surface area (Å²) in [5.41, 5.74) is -2.08. The second-order valence-electron chi connectivity index (χ2n) is 3.07. The fourth-order valence-corrected chi connectivity index (χ4v) is 1.08. The smallest absolute Gasteiger partial charge is 0.416 e. The van der Waals surface area contributed by atoms with Gasteiger partial charge in [-0.25, -0.2) is 4.79 Å². The number of hydrogen-bond donors (Lipinski definition) is 0. The molecule has 0 N–H and O–H groups in total. The highest BCUT2D eigenvalue weighted by Crippen LogP contribution is 2.31. The van der Waals surface area contributed by atoms with Crippen molar-refractivity contribution in [3.05, 3.63) is 33.5 Å². The molecule has 0 aliphatic carbocycles. The van der Waals surface area contributed by atoms with Gasteiger partial charge in [0.2, 0.25) is 0 Å². The third kappa shape index (κ3) is 3.15. The highest BCUT2D eigenvalue weighted by Gasteiger charge is 2.35. The zero-order valence-corrected chi connectivity index (χ0v) is 9.02. The first kappa shape index (κ1) is 13.9. The van der Waals surface area contributed by atoms with Crippen LogP contribution in [0.1, 0.15) is 23.0 Å². The van der Waals surface area contributed by atoms with Crippen molar-refractivity contribution in [2.75, 3.05) is 6.61 Å². The standard InChI is InChI=1S/C9H7F3N2O4/c1-2-18-8(15)6-3-5(9(10,11)12)4-7(13-6)14(16)17/h3-4H,2H2,1H3. The van der Waals surface area contributed by atoms with Crippen molar-refractivity contribution in [1.29, 1.82) is 0 Å². The molecule has 1 rings (SSSR count). The van der Waals surface area contributed by atoms with Gasteiger partial charge in [-0.15, -0.1) is 0 Å². The molecule has 1 heterocycles. The van der Waals surface area contributed by atoms with Crippen LogP contribution in [0.3, 0.4) is 0 Å². The number of nitrogens with zero attached hydrogens (tertiary/aromatic N) is 2. The van der Waals surface area contributed by atoms with Crippen molar-refractivity contribution >= 4 is 11.8 Å². The van der Waals surface area contributed by atoms with E-state index in [1.165, 1.54) is 6.92 Å². The first-order chi connectivity index (χ1) is 8.25. The van der Waals surface area contributed by atoms with Crippen LogP contribution in [-0.2, 0) is 10.9 Å². The fourth-order valence-electron chi connectivity index (χ4n) is 1.08. The molecule has 0 bridgehead atoms. The molecule has 0 amide bonds. The molecule has 0 unspecified atom stereocenters. The highest BCUT2D eigenvalue weighted by atomic mass is 19.4. The van der Waals surface area contributed by atoms with E-state index in [9.17, 15) is 28.1 Å². The maximum atomic E-state index is 12.5. The monoisotopic (exact) mass is 264 g/mol. The van der Waals surface area contributed by atoms with Crippen LogP contribution in [0.15, 0.2) is 12.1 Å². The largest absolute Gasteiger partial charge is 0.460 e. The molecule has 0 aliphatic rings. The summed E-state index contributed by atoms with van der Waals surface area (Å²) in [6, 6.07) is 0.660. The Balaban J connectivity index is 3.31. The molecule has 0 aromatic carbocycles. The summed E-state index contributed by atoms with van der Waals surface area (Å²) in [6.45, 7) is 1.37. The number of halogens is 3. The topological polar surface area (TPSA) is 82.3 Å². The van der Waals surface area contributed by atoms with E-state index in [0.717, 1.165) is 0 Å². The van der Waals surface area contributed by atoms with Crippen molar-refractivity contribution in [3.63, 3.8) is 0 Å². The van der Waals surface area contributed by atoms with Crippen molar-refractivity contribution in [2.24, 2.45) is 0 Å². The van der Waals surface area contributed by atoms with Crippen molar-refractivity contribution in [2.45, 2.75) is 13.1 Å². The van der Waals surface area contributed by atoms with Crippen molar-refractivity contribution in [3.8, 4) is 0 Å². The van der Waals surface area contributed by atoms with E-state index in [2.05, 4.69) is 9.72 Å². The second kappa shape index (κ2) is 4.98. The van der Waals surface area contributed by atoms with E-state index in [1.807, 2.05) is 0 Å². The predicted molar refractivity (Wildman–Crippen MR) is 51.8 cm³/mol. The van der Waals surface area contributed by atoms with Gasteiger partial charge in [0.15, 0.2) is 0 Å². The first-order valence-electron chi connectivity index (χ1n) is 4.66. The molecule has 0 aliphatic heterocycles. The molecule has 0 saturated heterocycles. The Bertz CT molecular complexity index is 487. The number of carbonyl (C=O) groups excluding carboxylic acids is 1. The fraction of sp³-hybridized carbons (Fsp3) is 0.333. The third-order valence-corrected chi connectivity index (χ3v) is 1.81. The first-order valence-corrected chi connectivity index (χ1v) is 4.66. The van der Waals surface area contributed by atoms with Gasteiger partial charge < -0.3 is 14.9 Å². The quantitative estimate of drug-likeness (QED) is 0.474. The molecule has 1 aromatic rings. The summed E-state index contributed by atoms with van der Waals surface area (Å²) in [5, 5.41) is 10.4. The molecule has 0 atom stereocenters. The molecule has 18 heavy (non-hydrogen) atoms. The number of ether oxygens (including phenoxy) is 1. The Morgan fingerprint density at radius 3 is 2.56 bits per heavy atom. The SMILES string of the molecule is CCOC(=O)c1cc(C(F)(F)F)cc([N+](=O)[O-])n1. The zero-order valence-electron chi connectivity index (χ0n) is 9.02. The van der Waals surface area contributed by atoms with E-state index < -0.39 is 34.1 Å². The zero-order chi connectivity index (χ0) is 13.9. The molecule has 0 fully saturated rings. The molecule has 6 nitrogen and oxygen atoms in total. The van der Waals surface area contributed by atoms with Gasteiger partial charge in [0.25, 0.3) is 5.69 Å². The van der Waals surface area contributed by atoms with Crippen LogP contribution in [0.5, 0.6) is 0 Å². The normalized spacial score (nSPS) is 11.1. The Kier molecular flexibility index (Phi) is 3.84. The van der Waals surface area contributed by atoms with Crippen LogP contribution >= 0.6 is 0 Å². The molecular formula is C9H7F3N2O4. The molecule has 0 radical (unpaired) electrons. The maximum Gasteiger partial charge on any atom is 0.416 e. The number of hydrogen-bond acceptors (Lipinski definition) is 5. The van der Waals surface area contributed by atoms with Gasteiger partial charge in [-0.2, -0.15) is 13.2 Å². The number of esters is 1. The van der Waals surface area contributed by atoms with Crippen LogP contribution in [-0.4, -0.2) is 22.5 Å². The number of pyridine rings is 1. The van der Waals surface area contributed by atoms with E-state index in [4.69, 9.17) is 0 Å². The van der Waals surface area contributed by atoms with Gasteiger partial charge in [-0.1, -0.05) is 0 Å². The Morgan fingerprint density at radius 1 is 1.50 bits per heavy atom. The van der Waals surface area contributed by atoms with Crippen LogP contribution in [0.2, 0.25) is 0 Å². The Labute approximate surface area is 98.5 Å². The summed E-state index contributed by atoms with van der Waals surface area (Å²) in [7, 11) is 0. The molecule has 98 valence electrons. The summed E-state index contributed by atoms with van der Waals surface area (Å²) in [4.78, 5) is 23.7. The lowest BCUT2D eigenvalue weighted by Gasteiger charge is -2.06. The van der Waals surface area contributed by atoms with Crippen LogP contribution in [0.4, 0.5) is 19.0 Å². The predicted octanol–water partition coefficient (Wildman–Crippen LogP) is 2.19. The Hall–Kier alpha value is -2.19. The number of rotatable bonds is 3. The number of nitro groups is 1.